The average molecular weight is 364 g/mol. The van der Waals surface area contributed by atoms with E-state index in [0.29, 0.717) is 44.3 Å². The maximum absolute atomic E-state index is 11.4. The van der Waals surface area contributed by atoms with Crippen molar-refractivity contribution in [3.05, 3.63) is 18.0 Å². The van der Waals surface area contributed by atoms with Crippen LogP contribution >= 0.6 is 0 Å². The summed E-state index contributed by atoms with van der Waals surface area (Å²) in [7, 11) is 3.28. The number of fused-ring (bicyclic) bond motifs is 3. The van der Waals surface area contributed by atoms with Crippen LogP contribution in [0.15, 0.2) is 12.3 Å². The molecule has 0 spiro atoms. The maximum Gasteiger partial charge on any atom is 0.183 e. The van der Waals surface area contributed by atoms with Gasteiger partial charge in [-0.2, -0.15) is 0 Å². The third-order valence-electron chi connectivity index (χ3n) is 6.28. The molecular weight excluding hydrogens is 336 g/mol. The number of hydrogen-bond acceptors (Lipinski definition) is 7. The van der Waals surface area contributed by atoms with Gasteiger partial charge in [-0.05, 0) is 6.42 Å². The first-order chi connectivity index (χ1) is 12.7. The number of ether oxygens (including phenoxy) is 4. The lowest BCUT2D eigenvalue weighted by Gasteiger charge is -2.57. The van der Waals surface area contributed by atoms with Crippen molar-refractivity contribution in [3.63, 3.8) is 0 Å². The summed E-state index contributed by atoms with van der Waals surface area (Å²) in [5.41, 5.74) is 0.172. The lowest BCUT2D eigenvalue weighted by atomic mass is 9.66. The Kier molecular flexibility index (Phi) is 5.05. The second-order valence-electron chi connectivity index (χ2n) is 7.47. The molecule has 4 atom stereocenters. The molecule has 1 aromatic rings. The number of methoxy groups -OCH3 is 2. The van der Waals surface area contributed by atoms with E-state index in [9.17, 15) is 5.11 Å². The maximum atomic E-state index is 11.4. The molecule has 3 aliphatic rings. The van der Waals surface area contributed by atoms with E-state index < -0.39 is 5.60 Å². The van der Waals surface area contributed by atoms with Crippen LogP contribution in [-0.2, 0) is 16.0 Å². The van der Waals surface area contributed by atoms with Crippen LogP contribution in [0.25, 0.3) is 0 Å². The normalized spacial score (nSPS) is 34.7. The molecule has 0 aliphatic carbocycles. The van der Waals surface area contributed by atoms with Gasteiger partial charge in [-0.1, -0.05) is 0 Å². The number of piperidine rings is 1. The van der Waals surface area contributed by atoms with Gasteiger partial charge in [0.15, 0.2) is 11.5 Å². The molecule has 0 amide bonds. The van der Waals surface area contributed by atoms with Crippen molar-refractivity contribution in [2.45, 2.75) is 31.0 Å². The number of aliphatic hydroxyl groups is 1. The summed E-state index contributed by atoms with van der Waals surface area (Å²) in [6, 6.07) is 2.09. The van der Waals surface area contributed by atoms with E-state index in [1.165, 1.54) is 0 Å². The molecule has 0 radical (unpaired) electrons. The Balaban J connectivity index is 1.62. The van der Waals surface area contributed by atoms with Crippen molar-refractivity contribution in [3.8, 4) is 11.5 Å². The minimum absolute atomic E-state index is 0.0933. The fourth-order valence-electron chi connectivity index (χ4n) is 4.91. The zero-order chi connectivity index (χ0) is 18.1. The van der Waals surface area contributed by atoms with Crippen LogP contribution in [0.2, 0.25) is 0 Å². The van der Waals surface area contributed by atoms with Crippen LogP contribution in [0.3, 0.4) is 0 Å². The molecule has 0 aromatic carbocycles. The largest absolute Gasteiger partial charge is 0.493 e. The number of nitrogens with zero attached hydrogens (tertiary/aromatic N) is 2. The topological polar surface area (TPSA) is 73.3 Å². The molecule has 3 saturated heterocycles. The molecule has 4 rings (SSSR count). The summed E-state index contributed by atoms with van der Waals surface area (Å²) in [6.07, 6.45) is 3.37. The monoisotopic (exact) mass is 364 g/mol. The Labute approximate surface area is 154 Å². The van der Waals surface area contributed by atoms with E-state index in [1.54, 1.807) is 20.4 Å². The smallest absolute Gasteiger partial charge is 0.183 e. The minimum Gasteiger partial charge on any atom is -0.493 e. The molecular formula is C19H28N2O5. The first kappa shape index (κ1) is 18.0. The van der Waals surface area contributed by atoms with Gasteiger partial charge in [-0.25, -0.2) is 0 Å². The molecule has 1 N–H and O–H groups in total. The van der Waals surface area contributed by atoms with E-state index in [4.69, 9.17) is 18.9 Å². The van der Waals surface area contributed by atoms with E-state index in [2.05, 4.69) is 9.88 Å². The highest BCUT2D eigenvalue weighted by atomic mass is 16.5. The Morgan fingerprint density at radius 3 is 2.92 bits per heavy atom. The second kappa shape index (κ2) is 7.31. The molecule has 7 nitrogen and oxygen atoms in total. The highest BCUT2D eigenvalue weighted by molar-refractivity contribution is 5.42. The van der Waals surface area contributed by atoms with Gasteiger partial charge in [0, 0.05) is 62.9 Å². The van der Waals surface area contributed by atoms with Crippen molar-refractivity contribution in [2.75, 3.05) is 47.2 Å². The molecule has 26 heavy (non-hydrogen) atoms. The van der Waals surface area contributed by atoms with Crippen molar-refractivity contribution in [2.24, 2.45) is 11.8 Å². The molecule has 3 aliphatic heterocycles. The number of aromatic nitrogens is 1. The second-order valence-corrected chi connectivity index (χ2v) is 7.47. The fourth-order valence-corrected chi connectivity index (χ4v) is 4.91. The van der Waals surface area contributed by atoms with E-state index in [-0.39, 0.29) is 17.9 Å². The predicted molar refractivity (Wildman–Crippen MR) is 94.3 cm³/mol. The van der Waals surface area contributed by atoms with Crippen molar-refractivity contribution < 1.29 is 24.1 Å². The van der Waals surface area contributed by atoms with Crippen LogP contribution < -0.4 is 9.47 Å². The molecule has 7 heteroatoms. The third-order valence-corrected chi connectivity index (χ3v) is 6.28. The lowest BCUT2D eigenvalue weighted by molar-refractivity contribution is -0.221. The average Bonchev–Trinajstić information content (AvgIpc) is 2.68. The molecule has 4 heterocycles. The van der Waals surface area contributed by atoms with Gasteiger partial charge in [0.1, 0.15) is 5.69 Å². The summed E-state index contributed by atoms with van der Waals surface area (Å²) in [5, 5.41) is 11.4. The van der Waals surface area contributed by atoms with Gasteiger partial charge in [0.25, 0.3) is 0 Å². The zero-order valence-corrected chi connectivity index (χ0v) is 15.5. The SMILES string of the molecule is COc1ccnc(CN2C[C@@H]3COCC[C@]3(O)[C@H]3COCC[C@H]32)c1OC. The number of rotatable bonds is 4. The van der Waals surface area contributed by atoms with Gasteiger partial charge in [-0.3, -0.25) is 9.88 Å². The zero-order valence-electron chi connectivity index (χ0n) is 15.5. The number of pyridine rings is 1. The summed E-state index contributed by atoms with van der Waals surface area (Å²) >= 11 is 0. The molecule has 0 bridgehead atoms. The minimum atomic E-state index is -0.689. The summed E-state index contributed by atoms with van der Waals surface area (Å²) in [6.45, 7) is 4.02. The van der Waals surface area contributed by atoms with Crippen LogP contribution in [-0.4, -0.2) is 73.8 Å². The Morgan fingerprint density at radius 2 is 2.12 bits per heavy atom. The molecule has 0 unspecified atom stereocenters. The lowest BCUT2D eigenvalue weighted by Crippen LogP contribution is -2.67. The van der Waals surface area contributed by atoms with E-state index >= 15 is 0 Å². The standard InChI is InChI=1S/C19H28N2O5/c1-23-17-3-6-20-15(18(17)24-2)10-21-9-13-11-26-8-5-19(13,22)14-12-25-7-4-16(14)21/h3,6,13-14,16,22H,4-5,7-12H2,1-2H3/t13-,14+,16-,19-/m1/s1. The molecule has 3 fully saturated rings. The van der Waals surface area contributed by atoms with Gasteiger partial charge >= 0.3 is 0 Å². The van der Waals surface area contributed by atoms with Gasteiger partial charge in [0.05, 0.1) is 33.0 Å². The number of hydrogen-bond donors (Lipinski definition) is 1. The molecule has 0 saturated carbocycles. The Hall–Kier alpha value is -1.41. The van der Waals surface area contributed by atoms with Crippen LogP contribution in [0.1, 0.15) is 18.5 Å². The predicted octanol–water partition coefficient (Wildman–Crippen LogP) is 1.09. The van der Waals surface area contributed by atoms with E-state index in [0.717, 1.165) is 25.3 Å². The van der Waals surface area contributed by atoms with Gasteiger partial charge in [-0.15, -0.1) is 0 Å². The summed E-state index contributed by atoms with van der Waals surface area (Å²) < 4.78 is 22.4. The molecule has 1 aromatic heterocycles. The van der Waals surface area contributed by atoms with E-state index in [1.807, 2.05) is 6.07 Å². The third kappa shape index (κ3) is 2.97. The van der Waals surface area contributed by atoms with Crippen molar-refractivity contribution in [1.82, 2.24) is 9.88 Å². The van der Waals surface area contributed by atoms with Crippen molar-refractivity contribution >= 4 is 0 Å². The highest BCUT2D eigenvalue weighted by Crippen LogP contribution is 2.45. The molecule has 144 valence electrons. The van der Waals surface area contributed by atoms with Gasteiger partial charge < -0.3 is 24.1 Å². The van der Waals surface area contributed by atoms with Gasteiger partial charge in [0.2, 0.25) is 0 Å². The Bertz CT molecular complexity index is 642. The van der Waals surface area contributed by atoms with Crippen LogP contribution in [0, 0.1) is 11.8 Å². The van der Waals surface area contributed by atoms with Crippen LogP contribution in [0.5, 0.6) is 11.5 Å². The first-order valence-corrected chi connectivity index (χ1v) is 9.35. The quantitative estimate of drug-likeness (QED) is 0.857. The Morgan fingerprint density at radius 1 is 1.27 bits per heavy atom. The van der Waals surface area contributed by atoms with Crippen LogP contribution in [0.4, 0.5) is 0 Å². The fraction of sp³-hybridized carbons (Fsp3) is 0.737. The summed E-state index contributed by atoms with van der Waals surface area (Å²) in [4.78, 5) is 6.96. The van der Waals surface area contributed by atoms with Crippen molar-refractivity contribution in [1.29, 1.82) is 0 Å². The first-order valence-electron chi connectivity index (χ1n) is 9.35. The highest BCUT2D eigenvalue weighted by Gasteiger charge is 2.55. The number of likely N-dealkylation sites (tertiary alicyclic amines) is 1. The summed E-state index contributed by atoms with van der Waals surface area (Å²) in [5.74, 6) is 1.57.